The summed E-state index contributed by atoms with van der Waals surface area (Å²) in [5, 5.41) is 15.3. The van der Waals surface area contributed by atoms with E-state index >= 15 is 0 Å². The molecule has 104 valence electrons. The molecule has 1 heterocycles. The van der Waals surface area contributed by atoms with Gasteiger partial charge in [0.25, 0.3) is 5.91 Å². The summed E-state index contributed by atoms with van der Waals surface area (Å²) in [6.45, 7) is 0.399. The molecule has 0 saturated heterocycles. The monoisotopic (exact) mass is 294 g/mol. The van der Waals surface area contributed by atoms with Crippen molar-refractivity contribution < 1.29 is 19.2 Å². The quantitative estimate of drug-likeness (QED) is 0.880. The van der Waals surface area contributed by atoms with Gasteiger partial charge in [0.2, 0.25) is 5.76 Å². The lowest BCUT2D eigenvalue weighted by Crippen LogP contribution is -2.25. The molecule has 0 aliphatic heterocycles. The Labute approximate surface area is 119 Å². The number of benzene rings is 1. The van der Waals surface area contributed by atoms with E-state index in [2.05, 4.69) is 15.0 Å². The van der Waals surface area contributed by atoms with Crippen molar-refractivity contribution in [2.45, 2.75) is 6.42 Å². The number of nitrogens with one attached hydrogen (secondary N) is 1. The van der Waals surface area contributed by atoms with Crippen LogP contribution in [-0.4, -0.2) is 28.7 Å². The minimum absolute atomic E-state index is 0.0569. The van der Waals surface area contributed by atoms with E-state index in [0.29, 0.717) is 18.0 Å². The molecule has 0 unspecified atom stereocenters. The van der Waals surface area contributed by atoms with Crippen molar-refractivity contribution in [3.63, 3.8) is 0 Å². The Morgan fingerprint density at radius 1 is 1.30 bits per heavy atom. The smallest absolute Gasteiger partial charge is 0.374 e. The minimum Gasteiger partial charge on any atom is -0.475 e. The van der Waals surface area contributed by atoms with Crippen LogP contribution in [0.25, 0.3) is 0 Å². The molecular formula is C13H11ClN2O4. The number of nitrogens with zero attached hydrogens (tertiary/aromatic N) is 1. The van der Waals surface area contributed by atoms with E-state index in [1.165, 1.54) is 0 Å². The normalized spacial score (nSPS) is 10.2. The van der Waals surface area contributed by atoms with Crippen LogP contribution in [0.3, 0.4) is 0 Å². The van der Waals surface area contributed by atoms with E-state index in [1.807, 2.05) is 12.1 Å². The maximum absolute atomic E-state index is 11.7. The molecule has 1 aromatic carbocycles. The second-order valence-electron chi connectivity index (χ2n) is 4.01. The summed E-state index contributed by atoms with van der Waals surface area (Å²) in [5.74, 6) is -2.11. The number of aromatic nitrogens is 1. The van der Waals surface area contributed by atoms with Gasteiger partial charge in [-0.05, 0) is 24.1 Å². The maximum Gasteiger partial charge on any atom is 0.374 e. The van der Waals surface area contributed by atoms with Crippen molar-refractivity contribution in [3.8, 4) is 0 Å². The average Bonchev–Trinajstić information content (AvgIpc) is 2.91. The number of amides is 1. The zero-order valence-corrected chi connectivity index (χ0v) is 11.1. The van der Waals surface area contributed by atoms with Gasteiger partial charge in [-0.25, -0.2) is 4.79 Å². The Kier molecular flexibility index (Phi) is 4.37. The zero-order chi connectivity index (χ0) is 14.5. The topological polar surface area (TPSA) is 92.4 Å². The lowest BCUT2D eigenvalue weighted by atomic mass is 10.1. The number of carbonyl (C=O) groups excluding carboxylic acids is 1. The third-order valence-electron chi connectivity index (χ3n) is 2.57. The third kappa shape index (κ3) is 3.58. The van der Waals surface area contributed by atoms with Gasteiger partial charge >= 0.3 is 5.97 Å². The molecule has 6 nitrogen and oxygen atoms in total. The highest BCUT2D eigenvalue weighted by Gasteiger charge is 2.15. The molecule has 0 fully saturated rings. The lowest BCUT2D eigenvalue weighted by Gasteiger charge is -2.03. The van der Waals surface area contributed by atoms with Crippen LogP contribution >= 0.6 is 11.6 Å². The molecule has 0 atom stereocenters. The van der Waals surface area contributed by atoms with Gasteiger partial charge in [-0.3, -0.25) is 4.79 Å². The molecule has 1 amide bonds. The molecule has 7 heteroatoms. The van der Waals surface area contributed by atoms with Crippen LogP contribution in [0.4, 0.5) is 0 Å². The first kappa shape index (κ1) is 14.1. The van der Waals surface area contributed by atoms with Crippen LogP contribution in [0.1, 0.15) is 26.6 Å². The second kappa shape index (κ2) is 6.21. The molecule has 1 aromatic heterocycles. The Balaban J connectivity index is 1.85. The van der Waals surface area contributed by atoms with Gasteiger partial charge in [0, 0.05) is 17.6 Å². The van der Waals surface area contributed by atoms with E-state index in [9.17, 15) is 9.59 Å². The fourth-order valence-electron chi connectivity index (χ4n) is 1.55. The molecule has 20 heavy (non-hydrogen) atoms. The zero-order valence-electron chi connectivity index (χ0n) is 10.3. The van der Waals surface area contributed by atoms with Gasteiger partial charge < -0.3 is 14.9 Å². The van der Waals surface area contributed by atoms with Crippen molar-refractivity contribution in [2.24, 2.45) is 0 Å². The highest BCUT2D eigenvalue weighted by molar-refractivity contribution is 6.30. The first-order chi connectivity index (χ1) is 9.56. The molecule has 0 aliphatic rings. The van der Waals surface area contributed by atoms with Gasteiger partial charge in [0.15, 0.2) is 5.69 Å². The summed E-state index contributed by atoms with van der Waals surface area (Å²) >= 11 is 5.77. The molecule has 0 spiro atoms. The van der Waals surface area contributed by atoms with E-state index in [-0.39, 0.29) is 11.5 Å². The Morgan fingerprint density at radius 2 is 2.00 bits per heavy atom. The van der Waals surface area contributed by atoms with Crippen LogP contribution in [0.2, 0.25) is 5.02 Å². The lowest BCUT2D eigenvalue weighted by molar-refractivity contribution is 0.0651. The number of aromatic carboxylic acids is 1. The summed E-state index contributed by atoms with van der Waals surface area (Å²) in [4.78, 5) is 22.3. The van der Waals surface area contributed by atoms with E-state index in [0.717, 1.165) is 11.6 Å². The predicted octanol–water partition coefficient (Wildman–Crippen LogP) is 2.00. The number of halogens is 1. The van der Waals surface area contributed by atoms with Crippen molar-refractivity contribution in [2.75, 3.05) is 6.54 Å². The summed E-state index contributed by atoms with van der Waals surface area (Å²) in [6, 6.07) is 8.37. The number of carbonyl (C=O) groups is 2. The molecular weight excluding hydrogens is 284 g/mol. The van der Waals surface area contributed by atoms with Gasteiger partial charge in [0.1, 0.15) is 0 Å². The van der Waals surface area contributed by atoms with Crippen LogP contribution < -0.4 is 5.32 Å². The molecule has 0 saturated carbocycles. The molecule has 0 aliphatic carbocycles. The second-order valence-corrected chi connectivity index (χ2v) is 4.45. The van der Waals surface area contributed by atoms with Gasteiger partial charge in [-0.15, -0.1) is 0 Å². The van der Waals surface area contributed by atoms with Crippen molar-refractivity contribution >= 4 is 23.5 Å². The van der Waals surface area contributed by atoms with E-state index < -0.39 is 11.9 Å². The molecule has 0 radical (unpaired) electrons. The average molecular weight is 295 g/mol. The van der Waals surface area contributed by atoms with Gasteiger partial charge in [-0.2, -0.15) is 0 Å². The summed E-state index contributed by atoms with van der Waals surface area (Å²) in [7, 11) is 0. The summed E-state index contributed by atoms with van der Waals surface area (Å²) in [6.07, 6.45) is 0.631. The maximum atomic E-state index is 11.7. The Hall–Kier alpha value is -2.34. The highest BCUT2D eigenvalue weighted by Crippen LogP contribution is 2.09. The fourth-order valence-corrected chi connectivity index (χ4v) is 1.67. The summed E-state index contributed by atoms with van der Waals surface area (Å²) < 4.78 is 4.50. The van der Waals surface area contributed by atoms with Crippen LogP contribution in [-0.2, 0) is 6.42 Å². The standard InChI is InChI=1S/C13H11ClN2O4/c14-9-3-1-8(2-4-9)5-6-15-12(17)10-7-11(13(18)19)20-16-10/h1-4,7H,5-6H2,(H,15,17)(H,18,19). The Bertz CT molecular complexity index is 622. The highest BCUT2D eigenvalue weighted by atomic mass is 35.5. The van der Waals surface area contributed by atoms with Crippen molar-refractivity contribution in [1.29, 1.82) is 0 Å². The largest absolute Gasteiger partial charge is 0.475 e. The van der Waals surface area contributed by atoms with Crippen LogP contribution in [0.5, 0.6) is 0 Å². The number of hydrogen-bond donors (Lipinski definition) is 2. The first-order valence-electron chi connectivity index (χ1n) is 5.79. The van der Waals surface area contributed by atoms with Gasteiger partial charge in [0.05, 0.1) is 0 Å². The molecule has 2 rings (SSSR count). The van der Waals surface area contributed by atoms with Crippen molar-refractivity contribution in [3.05, 3.63) is 52.4 Å². The number of rotatable bonds is 5. The fraction of sp³-hybridized carbons (Fsp3) is 0.154. The molecule has 2 N–H and O–H groups in total. The van der Waals surface area contributed by atoms with Gasteiger partial charge in [-0.1, -0.05) is 28.9 Å². The number of carboxylic acids is 1. The Morgan fingerprint density at radius 3 is 2.60 bits per heavy atom. The van der Waals surface area contributed by atoms with Crippen LogP contribution in [0, 0.1) is 0 Å². The summed E-state index contributed by atoms with van der Waals surface area (Å²) in [5.41, 5.74) is 0.972. The molecule has 2 aromatic rings. The van der Waals surface area contributed by atoms with Crippen molar-refractivity contribution in [1.82, 2.24) is 10.5 Å². The predicted molar refractivity (Wildman–Crippen MR) is 71.0 cm³/mol. The van der Waals surface area contributed by atoms with E-state index in [4.69, 9.17) is 16.7 Å². The number of hydrogen-bond acceptors (Lipinski definition) is 4. The minimum atomic E-state index is -1.27. The third-order valence-corrected chi connectivity index (χ3v) is 2.82. The molecule has 0 bridgehead atoms. The first-order valence-corrected chi connectivity index (χ1v) is 6.16. The number of carboxylic acid groups (broad SMARTS) is 1. The SMILES string of the molecule is O=C(NCCc1ccc(Cl)cc1)c1cc(C(=O)O)on1. The van der Waals surface area contributed by atoms with E-state index in [1.54, 1.807) is 12.1 Å². The van der Waals surface area contributed by atoms with Crippen LogP contribution in [0.15, 0.2) is 34.9 Å².